The van der Waals surface area contributed by atoms with Crippen molar-refractivity contribution in [3.63, 3.8) is 0 Å². The summed E-state index contributed by atoms with van der Waals surface area (Å²) in [5.41, 5.74) is 0.972. The Hall–Kier alpha value is -1.68. The zero-order valence-electron chi connectivity index (χ0n) is 11.9. The number of nitrogens with zero attached hydrogens (tertiary/aromatic N) is 3. The molecule has 1 aliphatic rings. The third kappa shape index (κ3) is 2.36. The molecule has 2 heterocycles. The maximum absolute atomic E-state index is 9.28. The van der Waals surface area contributed by atoms with Crippen molar-refractivity contribution >= 4 is 16.6 Å². The van der Waals surface area contributed by atoms with E-state index in [0.717, 1.165) is 30.9 Å². The van der Waals surface area contributed by atoms with Crippen LogP contribution in [0.2, 0.25) is 0 Å². The Kier molecular flexibility index (Phi) is 3.83. The van der Waals surface area contributed by atoms with Gasteiger partial charge >= 0.3 is 0 Å². The van der Waals surface area contributed by atoms with Crippen LogP contribution >= 0.6 is 0 Å². The van der Waals surface area contributed by atoms with Crippen molar-refractivity contribution in [2.24, 2.45) is 0 Å². The Morgan fingerprint density at radius 3 is 2.80 bits per heavy atom. The van der Waals surface area contributed by atoms with E-state index >= 15 is 0 Å². The minimum atomic E-state index is 0.235. The van der Waals surface area contributed by atoms with Crippen molar-refractivity contribution in [2.45, 2.75) is 38.6 Å². The number of piperidine rings is 1. The highest BCUT2D eigenvalue weighted by Gasteiger charge is 2.25. The Balaban J connectivity index is 2.06. The number of anilines is 1. The van der Waals surface area contributed by atoms with Crippen molar-refractivity contribution in [3.8, 4) is 0 Å². The topological polar surface area (TPSA) is 49.2 Å². The standard InChI is InChI=1S/C16H21N3O/c1-12-14-7-2-3-8-15(14)16(18-17-12)19-10-5-4-6-13(19)9-11-20/h2-3,7-8,13,20H,4-6,9-11H2,1H3. The summed E-state index contributed by atoms with van der Waals surface area (Å²) in [6.45, 7) is 3.24. The molecule has 0 spiro atoms. The van der Waals surface area contributed by atoms with E-state index in [1.807, 2.05) is 13.0 Å². The molecule has 0 radical (unpaired) electrons. The molecule has 1 aliphatic heterocycles. The molecule has 4 nitrogen and oxygen atoms in total. The fraction of sp³-hybridized carbons (Fsp3) is 0.500. The van der Waals surface area contributed by atoms with Gasteiger partial charge < -0.3 is 10.0 Å². The van der Waals surface area contributed by atoms with E-state index in [1.165, 1.54) is 23.6 Å². The van der Waals surface area contributed by atoms with Crippen molar-refractivity contribution < 1.29 is 5.11 Å². The van der Waals surface area contributed by atoms with Crippen LogP contribution in [0.1, 0.15) is 31.4 Å². The first-order valence-corrected chi connectivity index (χ1v) is 7.41. The lowest BCUT2D eigenvalue weighted by Gasteiger charge is -2.36. The monoisotopic (exact) mass is 271 g/mol. The third-order valence-corrected chi connectivity index (χ3v) is 4.21. The molecular weight excluding hydrogens is 250 g/mol. The maximum atomic E-state index is 9.28. The van der Waals surface area contributed by atoms with E-state index in [4.69, 9.17) is 0 Å². The lowest BCUT2D eigenvalue weighted by Crippen LogP contribution is -2.41. The average Bonchev–Trinajstić information content (AvgIpc) is 2.49. The third-order valence-electron chi connectivity index (χ3n) is 4.21. The van der Waals surface area contributed by atoms with Gasteiger partial charge in [-0.1, -0.05) is 24.3 Å². The lowest BCUT2D eigenvalue weighted by atomic mass is 9.99. The van der Waals surface area contributed by atoms with Crippen LogP contribution in [0.25, 0.3) is 10.8 Å². The molecule has 1 fully saturated rings. The van der Waals surface area contributed by atoms with Gasteiger partial charge in [0.05, 0.1) is 5.69 Å². The van der Waals surface area contributed by atoms with Gasteiger partial charge in [0.2, 0.25) is 0 Å². The SMILES string of the molecule is Cc1nnc(N2CCCCC2CCO)c2ccccc12. The quantitative estimate of drug-likeness (QED) is 0.932. The number of benzene rings is 1. The average molecular weight is 271 g/mol. The zero-order chi connectivity index (χ0) is 13.9. The molecule has 1 saturated heterocycles. The number of aryl methyl sites for hydroxylation is 1. The van der Waals surface area contributed by atoms with Gasteiger partial charge in [-0.3, -0.25) is 0 Å². The van der Waals surface area contributed by atoms with Gasteiger partial charge in [-0.25, -0.2) is 0 Å². The minimum Gasteiger partial charge on any atom is -0.396 e. The first-order chi connectivity index (χ1) is 9.81. The van der Waals surface area contributed by atoms with E-state index in [9.17, 15) is 5.11 Å². The van der Waals surface area contributed by atoms with E-state index in [0.29, 0.717) is 6.04 Å². The van der Waals surface area contributed by atoms with Crippen LogP contribution in [0.3, 0.4) is 0 Å². The molecule has 4 heteroatoms. The normalized spacial score (nSPS) is 19.5. The second-order valence-corrected chi connectivity index (χ2v) is 5.51. The van der Waals surface area contributed by atoms with Crippen LogP contribution in [0, 0.1) is 6.92 Å². The first kappa shape index (κ1) is 13.3. The second-order valence-electron chi connectivity index (χ2n) is 5.51. The molecule has 1 unspecified atom stereocenters. The van der Waals surface area contributed by atoms with Crippen molar-refractivity contribution in [3.05, 3.63) is 30.0 Å². The van der Waals surface area contributed by atoms with E-state index < -0.39 is 0 Å². The Bertz CT molecular complexity index is 597. The van der Waals surface area contributed by atoms with Crippen molar-refractivity contribution in [1.29, 1.82) is 0 Å². The number of aliphatic hydroxyl groups excluding tert-OH is 1. The van der Waals surface area contributed by atoms with Crippen LogP contribution in [0.4, 0.5) is 5.82 Å². The highest BCUT2D eigenvalue weighted by Crippen LogP contribution is 2.31. The minimum absolute atomic E-state index is 0.235. The number of aliphatic hydroxyl groups is 1. The molecule has 1 aromatic carbocycles. The number of hydrogen-bond donors (Lipinski definition) is 1. The van der Waals surface area contributed by atoms with Crippen LogP contribution in [0.15, 0.2) is 24.3 Å². The van der Waals surface area contributed by atoms with Crippen LogP contribution in [0.5, 0.6) is 0 Å². The molecular formula is C16H21N3O. The van der Waals surface area contributed by atoms with E-state index in [1.54, 1.807) is 0 Å². The Morgan fingerprint density at radius 1 is 1.20 bits per heavy atom. The molecule has 1 N–H and O–H groups in total. The van der Waals surface area contributed by atoms with E-state index in [-0.39, 0.29) is 6.61 Å². The second kappa shape index (κ2) is 5.75. The van der Waals surface area contributed by atoms with Gasteiger partial charge in [-0.05, 0) is 32.6 Å². The van der Waals surface area contributed by atoms with Gasteiger partial charge in [0.15, 0.2) is 5.82 Å². The molecule has 1 atom stereocenters. The molecule has 0 bridgehead atoms. The highest BCUT2D eigenvalue weighted by atomic mass is 16.3. The number of hydrogen-bond acceptors (Lipinski definition) is 4. The smallest absolute Gasteiger partial charge is 0.159 e. The fourth-order valence-electron chi connectivity index (χ4n) is 3.16. The first-order valence-electron chi connectivity index (χ1n) is 7.41. The van der Waals surface area contributed by atoms with Crippen LogP contribution in [-0.2, 0) is 0 Å². The van der Waals surface area contributed by atoms with Crippen molar-refractivity contribution in [2.75, 3.05) is 18.1 Å². The Morgan fingerprint density at radius 2 is 2.00 bits per heavy atom. The molecule has 20 heavy (non-hydrogen) atoms. The summed E-state index contributed by atoms with van der Waals surface area (Å²) in [4.78, 5) is 2.34. The van der Waals surface area contributed by atoms with Crippen LogP contribution < -0.4 is 4.90 Å². The van der Waals surface area contributed by atoms with Gasteiger partial charge in [-0.15, -0.1) is 5.10 Å². The molecule has 0 saturated carbocycles. The molecule has 3 rings (SSSR count). The van der Waals surface area contributed by atoms with Gasteiger partial charge in [0, 0.05) is 30.0 Å². The molecule has 0 aliphatic carbocycles. The van der Waals surface area contributed by atoms with Gasteiger partial charge in [0.25, 0.3) is 0 Å². The molecule has 106 valence electrons. The fourth-order valence-corrected chi connectivity index (χ4v) is 3.16. The summed E-state index contributed by atoms with van der Waals surface area (Å²) in [6.07, 6.45) is 4.36. The molecule has 0 amide bonds. The number of fused-ring (bicyclic) bond motifs is 1. The molecule has 1 aromatic heterocycles. The highest BCUT2D eigenvalue weighted by molar-refractivity contribution is 5.93. The zero-order valence-corrected chi connectivity index (χ0v) is 11.9. The van der Waals surface area contributed by atoms with Crippen molar-refractivity contribution in [1.82, 2.24) is 10.2 Å². The van der Waals surface area contributed by atoms with Gasteiger partial charge in [-0.2, -0.15) is 5.10 Å². The summed E-state index contributed by atoms with van der Waals surface area (Å²) in [5.74, 6) is 0.976. The molecule has 2 aromatic rings. The predicted octanol–water partition coefficient (Wildman–Crippen LogP) is 2.68. The number of rotatable bonds is 3. The predicted molar refractivity (Wildman–Crippen MR) is 81.0 cm³/mol. The summed E-state index contributed by atoms with van der Waals surface area (Å²) < 4.78 is 0. The van der Waals surface area contributed by atoms with Gasteiger partial charge in [0.1, 0.15) is 0 Å². The summed E-state index contributed by atoms with van der Waals surface area (Å²) in [5, 5.41) is 20.4. The summed E-state index contributed by atoms with van der Waals surface area (Å²) in [6, 6.07) is 8.71. The number of aromatic nitrogens is 2. The lowest BCUT2D eigenvalue weighted by molar-refractivity contribution is 0.262. The van der Waals surface area contributed by atoms with Crippen LogP contribution in [-0.4, -0.2) is 34.5 Å². The summed E-state index contributed by atoms with van der Waals surface area (Å²) in [7, 11) is 0. The summed E-state index contributed by atoms with van der Waals surface area (Å²) >= 11 is 0. The van der Waals surface area contributed by atoms with E-state index in [2.05, 4.69) is 33.3 Å². The Labute approximate surface area is 119 Å². The maximum Gasteiger partial charge on any atom is 0.159 e. The largest absolute Gasteiger partial charge is 0.396 e.